The van der Waals surface area contributed by atoms with E-state index in [1.165, 1.54) is 12.1 Å². The van der Waals surface area contributed by atoms with E-state index in [0.717, 1.165) is 5.56 Å². The van der Waals surface area contributed by atoms with Crippen LogP contribution in [0.1, 0.15) is 5.56 Å². The van der Waals surface area contributed by atoms with Crippen LogP contribution in [0.2, 0.25) is 0 Å². The highest BCUT2D eigenvalue weighted by Gasteiger charge is 2.24. The van der Waals surface area contributed by atoms with Gasteiger partial charge in [-0.2, -0.15) is 0 Å². The van der Waals surface area contributed by atoms with E-state index in [-0.39, 0.29) is 16.5 Å². The van der Waals surface area contributed by atoms with Crippen LogP contribution in [0.15, 0.2) is 48.5 Å². The van der Waals surface area contributed by atoms with Gasteiger partial charge >= 0.3 is 0 Å². The molecule has 0 spiro atoms. The van der Waals surface area contributed by atoms with Crippen LogP contribution in [0.5, 0.6) is 11.5 Å². The lowest BCUT2D eigenvalue weighted by molar-refractivity contribution is -0.384. The molecule has 8 nitrogen and oxygen atoms in total. The highest BCUT2D eigenvalue weighted by molar-refractivity contribution is 5.92. The number of nitro groups is 1. The lowest BCUT2D eigenvalue weighted by Gasteiger charge is -2.35. The second-order valence-corrected chi connectivity index (χ2v) is 6.51. The van der Waals surface area contributed by atoms with Crippen molar-refractivity contribution in [3.8, 4) is 11.5 Å². The maximum Gasteiger partial charge on any atom is 0.292 e. The van der Waals surface area contributed by atoms with Gasteiger partial charge in [0.25, 0.3) is 5.69 Å². The number of amides is 1. The van der Waals surface area contributed by atoms with Gasteiger partial charge < -0.3 is 19.3 Å². The molecule has 8 heteroatoms. The van der Waals surface area contributed by atoms with E-state index in [2.05, 4.69) is 0 Å². The zero-order valence-electron chi connectivity index (χ0n) is 16.4. The zero-order valence-corrected chi connectivity index (χ0v) is 16.4. The van der Waals surface area contributed by atoms with Gasteiger partial charge in [0, 0.05) is 38.3 Å². The molecule has 2 aromatic carbocycles. The molecule has 0 aliphatic carbocycles. The van der Waals surface area contributed by atoms with Crippen molar-refractivity contribution in [3.05, 3.63) is 64.2 Å². The first-order valence-electron chi connectivity index (χ1n) is 9.21. The van der Waals surface area contributed by atoms with E-state index in [1.54, 1.807) is 55.5 Å². The normalized spacial score (nSPS) is 14.1. The number of carbonyl (C=O) groups is 1. The number of ether oxygens (including phenoxy) is 2. The molecule has 1 heterocycles. The Morgan fingerprint density at radius 3 is 2.38 bits per heavy atom. The number of nitro benzene ring substituents is 1. The highest BCUT2D eigenvalue weighted by atomic mass is 16.6. The number of para-hydroxylation sites is 2. The van der Waals surface area contributed by atoms with Crippen molar-refractivity contribution in [1.29, 1.82) is 0 Å². The van der Waals surface area contributed by atoms with Gasteiger partial charge in [-0.15, -0.1) is 0 Å². The average Bonchev–Trinajstić information content (AvgIpc) is 2.77. The van der Waals surface area contributed by atoms with Crippen molar-refractivity contribution in [2.24, 2.45) is 0 Å². The molecule has 3 rings (SSSR count). The zero-order chi connectivity index (χ0) is 20.8. The second-order valence-electron chi connectivity index (χ2n) is 6.51. The lowest BCUT2D eigenvalue weighted by Crippen LogP contribution is -2.48. The van der Waals surface area contributed by atoms with Crippen LogP contribution < -0.4 is 14.4 Å². The third-order valence-corrected chi connectivity index (χ3v) is 4.84. The molecule has 0 aromatic heterocycles. The van der Waals surface area contributed by atoms with Crippen LogP contribution in [-0.4, -0.2) is 56.1 Å². The fourth-order valence-corrected chi connectivity index (χ4v) is 3.28. The molecular formula is C21H23N3O5. The van der Waals surface area contributed by atoms with E-state index in [0.29, 0.717) is 43.4 Å². The molecule has 0 atom stereocenters. The first kappa shape index (κ1) is 20.2. The van der Waals surface area contributed by atoms with Gasteiger partial charge in [-0.3, -0.25) is 14.9 Å². The van der Waals surface area contributed by atoms with Gasteiger partial charge in [0.1, 0.15) is 5.69 Å². The number of rotatable bonds is 6. The Kier molecular flexibility index (Phi) is 6.33. The summed E-state index contributed by atoms with van der Waals surface area (Å²) in [4.78, 5) is 27.1. The summed E-state index contributed by atoms with van der Waals surface area (Å²) >= 11 is 0. The predicted molar refractivity (Wildman–Crippen MR) is 110 cm³/mol. The van der Waals surface area contributed by atoms with Crippen LogP contribution >= 0.6 is 0 Å². The lowest BCUT2D eigenvalue weighted by atomic mass is 10.1. The summed E-state index contributed by atoms with van der Waals surface area (Å²) in [5, 5.41) is 11.2. The summed E-state index contributed by atoms with van der Waals surface area (Å²) < 4.78 is 10.5. The SMILES string of the molecule is COc1ccc(/C=C/C(=O)N2CCN(c3ccccc3[N+](=O)[O-])CC2)cc1OC. The summed E-state index contributed by atoms with van der Waals surface area (Å²) in [6, 6.07) is 12.1. The first-order chi connectivity index (χ1) is 14.0. The van der Waals surface area contributed by atoms with Crippen molar-refractivity contribution in [3.63, 3.8) is 0 Å². The molecule has 0 N–H and O–H groups in total. The smallest absolute Gasteiger partial charge is 0.292 e. The molecule has 0 unspecified atom stereocenters. The number of carbonyl (C=O) groups excluding carboxylic acids is 1. The largest absolute Gasteiger partial charge is 0.493 e. The van der Waals surface area contributed by atoms with Gasteiger partial charge in [0.15, 0.2) is 11.5 Å². The van der Waals surface area contributed by atoms with Crippen LogP contribution in [-0.2, 0) is 4.79 Å². The second kappa shape index (κ2) is 9.09. The Hall–Kier alpha value is -3.55. The van der Waals surface area contributed by atoms with E-state index in [4.69, 9.17) is 9.47 Å². The highest BCUT2D eigenvalue weighted by Crippen LogP contribution is 2.29. The van der Waals surface area contributed by atoms with Crippen molar-refractivity contribution >= 4 is 23.4 Å². The third kappa shape index (κ3) is 4.66. The van der Waals surface area contributed by atoms with Crippen molar-refractivity contribution in [2.75, 3.05) is 45.3 Å². The van der Waals surface area contributed by atoms with Crippen LogP contribution in [0.3, 0.4) is 0 Å². The summed E-state index contributed by atoms with van der Waals surface area (Å²) in [7, 11) is 3.13. The minimum Gasteiger partial charge on any atom is -0.493 e. The number of hydrogen-bond donors (Lipinski definition) is 0. The molecule has 29 heavy (non-hydrogen) atoms. The molecule has 2 aromatic rings. The Balaban J connectivity index is 1.62. The number of hydrogen-bond acceptors (Lipinski definition) is 6. The Labute approximate surface area is 169 Å². The van der Waals surface area contributed by atoms with E-state index in [1.807, 2.05) is 11.0 Å². The van der Waals surface area contributed by atoms with Gasteiger partial charge in [-0.25, -0.2) is 0 Å². The molecule has 1 aliphatic rings. The third-order valence-electron chi connectivity index (χ3n) is 4.84. The molecule has 1 amide bonds. The summed E-state index contributed by atoms with van der Waals surface area (Å²) in [6.45, 7) is 2.09. The van der Waals surface area contributed by atoms with Gasteiger partial charge in [-0.05, 0) is 29.8 Å². The molecule has 1 aliphatic heterocycles. The summed E-state index contributed by atoms with van der Waals surface area (Å²) in [5.74, 6) is 1.13. The number of nitrogens with zero attached hydrogens (tertiary/aromatic N) is 3. The van der Waals surface area contributed by atoms with Crippen LogP contribution in [0, 0.1) is 10.1 Å². The van der Waals surface area contributed by atoms with Crippen LogP contribution in [0.4, 0.5) is 11.4 Å². The molecule has 1 saturated heterocycles. The maximum absolute atomic E-state index is 12.5. The first-order valence-corrected chi connectivity index (χ1v) is 9.21. The average molecular weight is 397 g/mol. The number of benzene rings is 2. The summed E-state index contributed by atoms with van der Waals surface area (Å²) in [6.07, 6.45) is 3.26. The van der Waals surface area contributed by atoms with Gasteiger partial charge in [0.05, 0.1) is 19.1 Å². The van der Waals surface area contributed by atoms with E-state index in [9.17, 15) is 14.9 Å². The Morgan fingerprint density at radius 1 is 1.03 bits per heavy atom. The quantitative estimate of drug-likeness (QED) is 0.423. The Bertz CT molecular complexity index is 920. The van der Waals surface area contributed by atoms with Crippen molar-refractivity contribution < 1.29 is 19.2 Å². The fraction of sp³-hybridized carbons (Fsp3) is 0.286. The number of piperazine rings is 1. The molecule has 0 radical (unpaired) electrons. The summed E-state index contributed by atoms with van der Waals surface area (Å²) in [5.41, 5.74) is 1.50. The van der Waals surface area contributed by atoms with Crippen LogP contribution in [0.25, 0.3) is 6.08 Å². The monoisotopic (exact) mass is 397 g/mol. The van der Waals surface area contributed by atoms with E-state index < -0.39 is 0 Å². The molecule has 0 bridgehead atoms. The maximum atomic E-state index is 12.5. The molecule has 1 fully saturated rings. The van der Waals surface area contributed by atoms with E-state index >= 15 is 0 Å². The number of anilines is 1. The Morgan fingerprint density at radius 2 is 1.72 bits per heavy atom. The molecule has 0 saturated carbocycles. The number of methoxy groups -OCH3 is 2. The molecule has 152 valence electrons. The van der Waals surface area contributed by atoms with Gasteiger partial charge in [-0.1, -0.05) is 18.2 Å². The van der Waals surface area contributed by atoms with Crippen molar-refractivity contribution in [2.45, 2.75) is 0 Å². The minimum atomic E-state index is -0.376. The van der Waals surface area contributed by atoms with Crippen molar-refractivity contribution in [1.82, 2.24) is 4.90 Å². The topological polar surface area (TPSA) is 85.2 Å². The fourth-order valence-electron chi connectivity index (χ4n) is 3.28. The predicted octanol–water partition coefficient (Wildman–Crippen LogP) is 2.97. The molecular weight excluding hydrogens is 374 g/mol. The van der Waals surface area contributed by atoms with Gasteiger partial charge in [0.2, 0.25) is 5.91 Å². The standard InChI is InChI=1S/C21H23N3O5/c1-28-19-9-7-16(15-20(19)29-2)8-10-21(25)23-13-11-22(12-14-23)17-5-3-4-6-18(17)24(26)27/h3-10,15H,11-14H2,1-2H3/b10-8+. The minimum absolute atomic E-state index is 0.0839.